The first-order valence-corrected chi connectivity index (χ1v) is 9.04. The van der Waals surface area contributed by atoms with Crippen molar-refractivity contribution in [2.75, 3.05) is 7.11 Å². The van der Waals surface area contributed by atoms with E-state index >= 15 is 0 Å². The van der Waals surface area contributed by atoms with Gasteiger partial charge in [-0.2, -0.15) is 5.10 Å². The molecule has 0 aliphatic carbocycles. The predicted molar refractivity (Wildman–Crippen MR) is 109 cm³/mol. The Morgan fingerprint density at radius 3 is 2.25 bits per heavy atom. The van der Waals surface area contributed by atoms with Gasteiger partial charge < -0.3 is 9.84 Å². The Morgan fingerprint density at radius 1 is 0.929 bits per heavy atom. The zero-order chi connectivity index (χ0) is 19.5. The molecule has 0 amide bonds. The molecule has 0 radical (unpaired) electrons. The summed E-state index contributed by atoms with van der Waals surface area (Å²) in [5.41, 5.74) is 2.09. The van der Waals surface area contributed by atoms with Gasteiger partial charge in [0, 0.05) is 10.9 Å². The number of hydrogen-bond donors (Lipinski definition) is 1. The molecule has 4 aromatic rings. The fraction of sp³-hybridized carbons (Fsp3) is 0.130. The average molecular weight is 372 g/mol. The van der Waals surface area contributed by atoms with E-state index in [1.807, 2.05) is 72.8 Å². The van der Waals surface area contributed by atoms with Crippen LogP contribution < -0.4 is 10.3 Å². The van der Waals surface area contributed by atoms with Gasteiger partial charge in [0.2, 0.25) is 0 Å². The molecule has 1 atom stereocenters. The average Bonchev–Trinajstić information content (AvgIpc) is 2.76. The lowest BCUT2D eigenvalue weighted by atomic mass is 10.0. The van der Waals surface area contributed by atoms with Crippen LogP contribution in [0.25, 0.3) is 22.0 Å². The summed E-state index contributed by atoms with van der Waals surface area (Å²) in [5.74, 6) is 0.751. The van der Waals surface area contributed by atoms with Crippen molar-refractivity contribution in [3.63, 3.8) is 0 Å². The second kappa shape index (κ2) is 7.66. The highest BCUT2D eigenvalue weighted by atomic mass is 16.5. The topological polar surface area (TPSA) is 64.3 Å². The molecule has 0 saturated carbocycles. The zero-order valence-electron chi connectivity index (χ0n) is 15.4. The highest BCUT2D eigenvalue weighted by molar-refractivity contribution is 5.93. The summed E-state index contributed by atoms with van der Waals surface area (Å²) in [6.07, 6.45) is -0.823. The van der Waals surface area contributed by atoms with Gasteiger partial charge in [-0.25, -0.2) is 4.68 Å². The van der Waals surface area contributed by atoms with Crippen molar-refractivity contribution in [3.8, 4) is 17.0 Å². The highest BCUT2D eigenvalue weighted by Crippen LogP contribution is 2.26. The van der Waals surface area contributed by atoms with Gasteiger partial charge >= 0.3 is 0 Å². The van der Waals surface area contributed by atoms with Crippen LogP contribution in [0.3, 0.4) is 0 Å². The molecule has 140 valence electrons. The number of ether oxygens (including phenoxy) is 1. The van der Waals surface area contributed by atoms with Gasteiger partial charge in [0.05, 0.1) is 30.8 Å². The van der Waals surface area contributed by atoms with Crippen molar-refractivity contribution >= 4 is 10.8 Å². The van der Waals surface area contributed by atoms with E-state index in [0.717, 1.165) is 22.3 Å². The number of rotatable bonds is 5. The predicted octanol–water partition coefficient (Wildman–Crippen LogP) is 3.81. The summed E-state index contributed by atoms with van der Waals surface area (Å²) in [4.78, 5) is 12.9. The molecule has 0 aliphatic rings. The molecule has 0 spiro atoms. The number of benzene rings is 3. The first-order valence-electron chi connectivity index (χ1n) is 9.04. The van der Waals surface area contributed by atoms with Crippen LogP contribution >= 0.6 is 0 Å². The minimum atomic E-state index is -0.823. The molecule has 4 rings (SSSR count). The van der Waals surface area contributed by atoms with Crippen LogP contribution in [0.2, 0.25) is 0 Å². The lowest BCUT2D eigenvalue weighted by Gasteiger charge is -2.15. The molecule has 1 aromatic heterocycles. The van der Waals surface area contributed by atoms with Crippen LogP contribution in [-0.4, -0.2) is 22.0 Å². The molecule has 0 unspecified atom stereocenters. The first-order chi connectivity index (χ1) is 13.7. The van der Waals surface area contributed by atoms with Crippen LogP contribution in [-0.2, 0) is 6.54 Å². The Hall–Kier alpha value is -3.44. The van der Waals surface area contributed by atoms with E-state index in [0.29, 0.717) is 11.1 Å². The van der Waals surface area contributed by atoms with E-state index in [1.54, 1.807) is 13.2 Å². The monoisotopic (exact) mass is 372 g/mol. The maximum absolute atomic E-state index is 12.9. The van der Waals surface area contributed by atoms with Gasteiger partial charge in [-0.15, -0.1) is 0 Å². The Bertz CT molecular complexity index is 1150. The number of fused-ring (bicyclic) bond motifs is 1. The molecule has 0 saturated heterocycles. The van der Waals surface area contributed by atoms with Crippen molar-refractivity contribution < 1.29 is 9.84 Å². The SMILES string of the molecule is COc1ccc(-c2nn(C[C@H](O)c3ccccc3)c(=O)c3ccccc23)cc1. The number of methoxy groups -OCH3 is 1. The number of aromatic nitrogens is 2. The van der Waals surface area contributed by atoms with Gasteiger partial charge in [-0.1, -0.05) is 48.5 Å². The van der Waals surface area contributed by atoms with Gasteiger partial charge in [0.15, 0.2) is 0 Å². The van der Waals surface area contributed by atoms with E-state index in [-0.39, 0.29) is 12.1 Å². The summed E-state index contributed by atoms with van der Waals surface area (Å²) >= 11 is 0. The summed E-state index contributed by atoms with van der Waals surface area (Å²) in [5, 5.41) is 16.5. The quantitative estimate of drug-likeness (QED) is 0.579. The van der Waals surface area contributed by atoms with Crippen LogP contribution in [0.1, 0.15) is 11.7 Å². The van der Waals surface area contributed by atoms with E-state index in [4.69, 9.17) is 4.74 Å². The van der Waals surface area contributed by atoms with Crippen molar-refractivity contribution in [2.24, 2.45) is 0 Å². The Labute approximate surface area is 162 Å². The molecule has 0 fully saturated rings. The highest BCUT2D eigenvalue weighted by Gasteiger charge is 2.15. The summed E-state index contributed by atoms with van der Waals surface area (Å²) in [6.45, 7) is 0.0802. The van der Waals surface area contributed by atoms with Crippen LogP contribution in [0.4, 0.5) is 0 Å². The van der Waals surface area contributed by atoms with Crippen LogP contribution in [0.15, 0.2) is 83.7 Å². The first kappa shape index (κ1) is 17.9. The molecular weight excluding hydrogens is 352 g/mol. The Kier molecular flexibility index (Phi) is 4.91. The molecule has 5 nitrogen and oxygen atoms in total. The van der Waals surface area contributed by atoms with E-state index < -0.39 is 6.10 Å². The number of aliphatic hydroxyl groups excluding tert-OH is 1. The fourth-order valence-corrected chi connectivity index (χ4v) is 3.27. The molecule has 1 N–H and O–H groups in total. The minimum absolute atomic E-state index is 0.0802. The smallest absolute Gasteiger partial charge is 0.274 e. The van der Waals surface area contributed by atoms with Crippen LogP contribution in [0, 0.1) is 0 Å². The van der Waals surface area contributed by atoms with Crippen LogP contribution in [0.5, 0.6) is 5.75 Å². The molecular formula is C23H20N2O3. The number of nitrogens with zero attached hydrogens (tertiary/aromatic N) is 2. The van der Waals surface area contributed by atoms with Crippen molar-refractivity contribution in [1.82, 2.24) is 9.78 Å². The normalized spacial score (nSPS) is 12.1. The van der Waals surface area contributed by atoms with E-state index in [1.165, 1.54) is 4.68 Å². The third-order valence-corrected chi connectivity index (χ3v) is 4.76. The van der Waals surface area contributed by atoms with Crippen molar-refractivity contribution in [1.29, 1.82) is 0 Å². The Morgan fingerprint density at radius 2 is 1.57 bits per heavy atom. The number of hydrogen-bond acceptors (Lipinski definition) is 4. The van der Waals surface area contributed by atoms with E-state index in [2.05, 4.69) is 5.10 Å². The lowest BCUT2D eigenvalue weighted by molar-refractivity contribution is 0.150. The standard InChI is InChI=1S/C23H20N2O3/c1-28-18-13-11-17(12-14-18)22-19-9-5-6-10-20(19)23(27)25(24-22)15-21(26)16-7-3-2-4-8-16/h2-14,21,26H,15H2,1H3/t21-/m0/s1. The molecule has 28 heavy (non-hydrogen) atoms. The van der Waals surface area contributed by atoms with Gasteiger partial charge in [-0.05, 0) is 35.9 Å². The molecule has 0 bridgehead atoms. The maximum atomic E-state index is 12.9. The summed E-state index contributed by atoms with van der Waals surface area (Å²) in [7, 11) is 1.62. The van der Waals surface area contributed by atoms with Crippen molar-refractivity contribution in [2.45, 2.75) is 12.6 Å². The van der Waals surface area contributed by atoms with Gasteiger partial charge in [-0.3, -0.25) is 4.79 Å². The molecule has 5 heteroatoms. The Balaban J connectivity index is 1.83. The lowest BCUT2D eigenvalue weighted by Crippen LogP contribution is -2.26. The number of aliphatic hydroxyl groups is 1. The third kappa shape index (κ3) is 3.40. The minimum Gasteiger partial charge on any atom is -0.497 e. The second-order valence-electron chi connectivity index (χ2n) is 6.54. The molecule has 0 aliphatic heterocycles. The maximum Gasteiger partial charge on any atom is 0.274 e. The van der Waals surface area contributed by atoms with Crippen molar-refractivity contribution in [3.05, 3.63) is 94.8 Å². The summed E-state index contributed by atoms with van der Waals surface area (Å²) in [6, 6.07) is 24.2. The van der Waals surface area contributed by atoms with Gasteiger partial charge in [0.1, 0.15) is 5.75 Å². The fourth-order valence-electron chi connectivity index (χ4n) is 3.27. The molecule has 1 heterocycles. The van der Waals surface area contributed by atoms with Gasteiger partial charge in [0.25, 0.3) is 5.56 Å². The third-order valence-electron chi connectivity index (χ3n) is 4.76. The molecule has 3 aromatic carbocycles. The van der Waals surface area contributed by atoms with E-state index in [9.17, 15) is 9.90 Å². The zero-order valence-corrected chi connectivity index (χ0v) is 15.4. The second-order valence-corrected chi connectivity index (χ2v) is 6.54. The summed E-state index contributed by atoms with van der Waals surface area (Å²) < 4.78 is 6.58. The largest absolute Gasteiger partial charge is 0.497 e.